The normalized spacial score (nSPS) is 24.6. The number of hydrogen-bond donors (Lipinski definition) is 1. The minimum absolute atomic E-state index is 0.509. The van der Waals surface area contributed by atoms with Gasteiger partial charge >= 0.3 is 0 Å². The molecule has 2 fully saturated rings. The summed E-state index contributed by atoms with van der Waals surface area (Å²) >= 11 is 0. The summed E-state index contributed by atoms with van der Waals surface area (Å²) in [5, 5.41) is 3.35. The highest BCUT2D eigenvalue weighted by atomic mass is 16.5. The van der Waals surface area contributed by atoms with Gasteiger partial charge in [-0.3, -0.25) is 9.97 Å². The van der Waals surface area contributed by atoms with Gasteiger partial charge in [-0.15, -0.1) is 0 Å². The molecule has 1 N–H and O–H groups in total. The maximum Gasteiger partial charge on any atom is 0.137 e. The molecule has 0 radical (unpaired) electrons. The lowest BCUT2D eigenvalue weighted by Gasteiger charge is -2.27. The predicted octanol–water partition coefficient (Wildman–Crippen LogP) is 2.93. The molecule has 25 heavy (non-hydrogen) atoms. The SMILES string of the molecule is c1cc(COCC[C@H]2C[C@@H]2c2cncc(OC[C@@H]3CCN3)c2)ccn1. The Kier molecular flexibility index (Phi) is 5.23. The summed E-state index contributed by atoms with van der Waals surface area (Å²) in [6, 6.07) is 6.66. The van der Waals surface area contributed by atoms with Crippen molar-refractivity contribution < 1.29 is 9.47 Å². The Morgan fingerprint density at radius 3 is 2.84 bits per heavy atom. The summed E-state index contributed by atoms with van der Waals surface area (Å²) < 4.78 is 11.6. The van der Waals surface area contributed by atoms with E-state index >= 15 is 0 Å². The molecule has 1 aliphatic heterocycles. The highest BCUT2D eigenvalue weighted by Crippen LogP contribution is 2.49. The van der Waals surface area contributed by atoms with Crippen LogP contribution in [-0.2, 0) is 11.3 Å². The second kappa shape index (κ2) is 7.93. The van der Waals surface area contributed by atoms with Gasteiger partial charge in [0.25, 0.3) is 0 Å². The van der Waals surface area contributed by atoms with E-state index in [0.29, 0.717) is 24.5 Å². The van der Waals surface area contributed by atoms with Gasteiger partial charge in [-0.05, 0) is 67.0 Å². The molecule has 5 heteroatoms. The minimum atomic E-state index is 0.509. The Morgan fingerprint density at radius 2 is 2.04 bits per heavy atom. The van der Waals surface area contributed by atoms with Crippen LogP contribution in [0.5, 0.6) is 5.75 Å². The zero-order valence-corrected chi connectivity index (χ0v) is 14.4. The standard InChI is InChI=1S/C20H25N3O2/c1-5-21-6-2-15(1)13-24-8-4-16-10-20(16)17-9-19(12-22-11-17)25-14-18-3-7-23-18/h1-2,5-6,9,11-12,16,18,20,23H,3-4,7-8,10,13-14H2/t16-,18-,20-/m0/s1. The molecule has 3 atom stereocenters. The molecule has 0 bridgehead atoms. The van der Waals surface area contributed by atoms with Gasteiger partial charge in [0.05, 0.1) is 12.8 Å². The van der Waals surface area contributed by atoms with Crippen LogP contribution in [0, 0.1) is 5.92 Å². The number of rotatable bonds is 9. The van der Waals surface area contributed by atoms with Crippen LogP contribution in [0.4, 0.5) is 0 Å². The lowest BCUT2D eigenvalue weighted by molar-refractivity contribution is 0.114. The maximum atomic E-state index is 5.86. The molecule has 0 spiro atoms. The van der Waals surface area contributed by atoms with E-state index in [1.165, 1.54) is 24.0 Å². The maximum absolute atomic E-state index is 5.86. The molecule has 0 amide bonds. The third kappa shape index (κ3) is 4.55. The first-order valence-electron chi connectivity index (χ1n) is 9.16. The topological polar surface area (TPSA) is 56.3 Å². The van der Waals surface area contributed by atoms with E-state index in [-0.39, 0.29) is 0 Å². The van der Waals surface area contributed by atoms with Crippen LogP contribution < -0.4 is 10.1 Å². The highest BCUT2D eigenvalue weighted by molar-refractivity contribution is 5.30. The molecule has 2 aliphatic rings. The van der Waals surface area contributed by atoms with Gasteiger partial charge in [-0.2, -0.15) is 0 Å². The number of hydrogen-bond acceptors (Lipinski definition) is 5. The van der Waals surface area contributed by atoms with Gasteiger partial charge in [0.1, 0.15) is 12.4 Å². The summed E-state index contributed by atoms with van der Waals surface area (Å²) in [6.45, 7) is 3.32. The third-order valence-electron chi connectivity index (χ3n) is 5.11. The minimum Gasteiger partial charge on any atom is -0.490 e. The summed E-state index contributed by atoms with van der Waals surface area (Å²) in [6.07, 6.45) is 10.9. The van der Waals surface area contributed by atoms with Crippen LogP contribution >= 0.6 is 0 Å². The Balaban J connectivity index is 1.18. The van der Waals surface area contributed by atoms with E-state index in [1.807, 2.05) is 24.5 Å². The van der Waals surface area contributed by atoms with Crippen LogP contribution in [0.1, 0.15) is 36.3 Å². The van der Waals surface area contributed by atoms with Crippen molar-refractivity contribution in [2.45, 2.75) is 37.8 Å². The van der Waals surface area contributed by atoms with Gasteiger partial charge in [0, 0.05) is 31.2 Å². The molecule has 5 nitrogen and oxygen atoms in total. The monoisotopic (exact) mass is 339 g/mol. The second-order valence-corrected chi connectivity index (χ2v) is 7.00. The van der Waals surface area contributed by atoms with Crippen molar-refractivity contribution in [2.75, 3.05) is 19.8 Å². The fraction of sp³-hybridized carbons (Fsp3) is 0.500. The quantitative estimate of drug-likeness (QED) is 0.712. The van der Waals surface area contributed by atoms with Gasteiger partial charge in [0.2, 0.25) is 0 Å². The summed E-state index contributed by atoms with van der Waals surface area (Å²) in [4.78, 5) is 8.37. The average molecular weight is 339 g/mol. The van der Waals surface area contributed by atoms with E-state index in [0.717, 1.165) is 31.9 Å². The number of pyridine rings is 2. The van der Waals surface area contributed by atoms with Crippen molar-refractivity contribution in [3.05, 3.63) is 54.1 Å². The molecule has 2 aromatic heterocycles. The summed E-state index contributed by atoms with van der Waals surface area (Å²) in [7, 11) is 0. The number of aromatic nitrogens is 2. The Hall–Kier alpha value is -1.98. The van der Waals surface area contributed by atoms with Crippen LogP contribution in [0.3, 0.4) is 0 Å². The van der Waals surface area contributed by atoms with E-state index in [1.54, 1.807) is 12.4 Å². The third-order valence-corrected chi connectivity index (χ3v) is 5.11. The fourth-order valence-corrected chi connectivity index (χ4v) is 3.28. The molecule has 1 saturated carbocycles. The first kappa shape index (κ1) is 16.5. The molecule has 132 valence electrons. The number of nitrogens with one attached hydrogen (secondary N) is 1. The first-order valence-corrected chi connectivity index (χ1v) is 9.16. The molecule has 0 unspecified atom stereocenters. The first-order chi connectivity index (χ1) is 12.4. The van der Waals surface area contributed by atoms with Crippen molar-refractivity contribution >= 4 is 0 Å². The largest absolute Gasteiger partial charge is 0.490 e. The number of nitrogens with zero attached hydrogens (tertiary/aromatic N) is 2. The average Bonchev–Trinajstić information content (AvgIpc) is 3.38. The van der Waals surface area contributed by atoms with E-state index in [4.69, 9.17) is 9.47 Å². The fourth-order valence-electron chi connectivity index (χ4n) is 3.28. The van der Waals surface area contributed by atoms with Crippen LogP contribution in [-0.4, -0.2) is 35.8 Å². The lowest BCUT2D eigenvalue weighted by atomic mass is 10.1. The van der Waals surface area contributed by atoms with Crippen molar-refractivity contribution in [3.63, 3.8) is 0 Å². The highest BCUT2D eigenvalue weighted by Gasteiger charge is 2.38. The van der Waals surface area contributed by atoms with Crippen LogP contribution in [0.25, 0.3) is 0 Å². The second-order valence-electron chi connectivity index (χ2n) is 7.00. The molecular formula is C20H25N3O2. The van der Waals surface area contributed by atoms with Crippen molar-refractivity contribution in [2.24, 2.45) is 5.92 Å². The van der Waals surface area contributed by atoms with Gasteiger partial charge in [-0.25, -0.2) is 0 Å². The number of ether oxygens (including phenoxy) is 2. The summed E-state index contributed by atoms with van der Waals surface area (Å²) in [5.41, 5.74) is 2.48. The molecule has 2 aromatic rings. The molecule has 1 saturated heterocycles. The molecular weight excluding hydrogens is 314 g/mol. The van der Waals surface area contributed by atoms with Crippen molar-refractivity contribution in [1.29, 1.82) is 0 Å². The molecule has 3 heterocycles. The zero-order valence-electron chi connectivity index (χ0n) is 14.4. The predicted molar refractivity (Wildman–Crippen MR) is 95.5 cm³/mol. The smallest absolute Gasteiger partial charge is 0.137 e. The van der Waals surface area contributed by atoms with E-state index in [2.05, 4.69) is 21.4 Å². The molecule has 0 aromatic carbocycles. The van der Waals surface area contributed by atoms with E-state index in [9.17, 15) is 0 Å². The molecule has 4 rings (SSSR count). The van der Waals surface area contributed by atoms with Crippen molar-refractivity contribution in [1.82, 2.24) is 15.3 Å². The van der Waals surface area contributed by atoms with Crippen molar-refractivity contribution in [3.8, 4) is 5.75 Å². The van der Waals surface area contributed by atoms with Gasteiger partial charge in [-0.1, -0.05) is 0 Å². The van der Waals surface area contributed by atoms with Crippen LogP contribution in [0.2, 0.25) is 0 Å². The zero-order chi connectivity index (χ0) is 16.9. The molecule has 1 aliphatic carbocycles. The van der Waals surface area contributed by atoms with E-state index < -0.39 is 0 Å². The Morgan fingerprint density at radius 1 is 1.16 bits per heavy atom. The van der Waals surface area contributed by atoms with Gasteiger partial charge in [0.15, 0.2) is 0 Å². The lowest BCUT2D eigenvalue weighted by Crippen LogP contribution is -2.46. The van der Waals surface area contributed by atoms with Crippen LogP contribution in [0.15, 0.2) is 43.0 Å². The Labute approximate surface area is 148 Å². The van der Waals surface area contributed by atoms with Gasteiger partial charge < -0.3 is 14.8 Å². The summed E-state index contributed by atoms with van der Waals surface area (Å²) in [5.74, 6) is 2.22. The Bertz CT molecular complexity index is 676.